The Morgan fingerprint density at radius 2 is 1.64 bits per heavy atom. The van der Waals surface area contributed by atoms with Gasteiger partial charge < -0.3 is 21.1 Å². The number of benzene rings is 2. The third kappa shape index (κ3) is 9.31. The van der Waals surface area contributed by atoms with E-state index in [2.05, 4.69) is 21.9 Å². The predicted molar refractivity (Wildman–Crippen MR) is 145 cm³/mol. The molecular weight excluding hydrogens is 474 g/mol. The average molecular weight is 510 g/mol. The number of nitrogens with one attached hydrogen (secondary N) is 3. The largest absolute Gasteiger partial charge is 0.508 e. The van der Waals surface area contributed by atoms with Crippen molar-refractivity contribution in [1.29, 1.82) is 0 Å². The Bertz CT molecular complexity index is 1040. The van der Waals surface area contributed by atoms with Crippen LogP contribution in [0.5, 0.6) is 5.75 Å². The van der Waals surface area contributed by atoms with Gasteiger partial charge in [0.05, 0.1) is 17.6 Å². The molecule has 0 radical (unpaired) electrons. The van der Waals surface area contributed by atoms with Crippen LogP contribution in [0.4, 0.5) is 5.69 Å². The van der Waals surface area contributed by atoms with Crippen LogP contribution in [0.1, 0.15) is 25.8 Å². The lowest BCUT2D eigenvalue weighted by atomic mass is 9.84. The molecule has 2 aromatic carbocycles. The summed E-state index contributed by atoms with van der Waals surface area (Å²) in [5.41, 5.74) is 1.43. The van der Waals surface area contributed by atoms with Crippen molar-refractivity contribution in [1.82, 2.24) is 10.6 Å². The third-order valence-corrected chi connectivity index (χ3v) is 6.63. The van der Waals surface area contributed by atoms with Gasteiger partial charge in [-0.1, -0.05) is 50.1 Å². The van der Waals surface area contributed by atoms with Crippen LogP contribution in [-0.2, 0) is 20.8 Å². The number of amides is 3. The number of anilines is 1. The molecule has 3 atom stereocenters. The third-order valence-electron chi connectivity index (χ3n) is 5.66. The van der Waals surface area contributed by atoms with Gasteiger partial charge in [-0.25, -0.2) is 0 Å². The van der Waals surface area contributed by atoms with E-state index in [1.54, 1.807) is 12.1 Å². The van der Waals surface area contributed by atoms with E-state index in [9.17, 15) is 19.5 Å². The topological polar surface area (TPSA) is 108 Å². The molecule has 0 unspecified atom stereocenters. The van der Waals surface area contributed by atoms with Gasteiger partial charge in [-0.2, -0.15) is 0 Å². The zero-order valence-electron chi connectivity index (χ0n) is 21.0. The van der Waals surface area contributed by atoms with Gasteiger partial charge >= 0.3 is 0 Å². The summed E-state index contributed by atoms with van der Waals surface area (Å²) in [4.78, 5) is 39.6. The summed E-state index contributed by atoms with van der Waals surface area (Å²) in [6.07, 6.45) is 6.20. The summed E-state index contributed by atoms with van der Waals surface area (Å²) in [6, 6.07) is 14.8. The van der Waals surface area contributed by atoms with Crippen LogP contribution in [0, 0.1) is 30.1 Å². The zero-order chi connectivity index (χ0) is 26.5. The number of thioether (sulfide) groups is 1. The van der Waals surface area contributed by atoms with Gasteiger partial charge in [-0.15, -0.1) is 18.2 Å². The fraction of sp³-hybridized carbons (Fsp3) is 0.393. The van der Waals surface area contributed by atoms with Crippen molar-refractivity contribution in [3.8, 4) is 18.1 Å². The number of aromatic hydroxyl groups is 1. The lowest BCUT2D eigenvalue weighted by Gasteiger charge is -2.28. The Morgan fingerprint density at radius 1 is 0.972 bits per heavy atom. The second-order valence-electron chi connectivity index (χ2n) is 8.96. The van der Waals surface area contributed by atoms with Crippen molar-refractivity contribution < 1.29 is 19.5 Å². The van der Waals surface area contributed by atoms with Crippen molar-refractivity contribution in [2.75, 3.05) is 23.9 Å². The smallest absolute Gasteiger partial charge is 0.242 e. The molecule has 2 rings (SSSR count). The van der Waals surface area contributed by atoms with Crippen LogP contribution < -0.4 is 16.0 Å². The van der Waals surface area contributed by atoms with Crippen molar-refractivity contribution in [2.45, 2.75) is 32.7 Å². The number of hydrogen-bond donors (Lipinski definition) is 4. The summed E-state index contributed by atoms with van der Waals surface area (Å²) >= 11 is 1.41. The monoisotopic (exact) mass is 509 g/mol. The molecule has 0 aliphatic carbocycles. The predicted octanol–water partition coefficient (Wildman–Crippen LogP) is 3.45. The number of likely N-dealkylation sites (N-methyl/N-ethyl adjacent to an activating group) is 1. The number of terminal acetylenes is 1. The molecule has 0 fully saturated rings. The van der Waals surface area contributed by atoms with Gasteiger partial charge in [-0.05, 0) is 42.2 Å². The van der Waals surface area contributed by atoms with Crippen LogP contribution in [0.3, 0.4) is 0 Å². The fourth-order valence-electron chi connectivity index (χ4n) is 3.87. The molecular formula is C28H35N3O4S. The van der Waals surface area contributed by atoms with Gasteiger partial charge in [0.25, 0.3) is 0 Å². The molecule has 0 heterocycles. The normalized spacial score (nSPS) is 13.2. The van der Waals surface area contributed by atoms with Crippen molar-refractivity contribution in [3.63, 3.8) is 0 Å². The Hall–Kier alpha value is -3.44. The highest BCUT2D eigenvalue weighted by molar-refractivity contribution is 7.99. The first-order valence-corrected chi connectivity index (χ1v) is 13.1. The molecule has 0 aliphatic rings. The second-order valence-corrected chi connectivity index (χ2v) is 9.99. The Morgan fingerprint density at radius 3 is 2.22 bits per heavy atom. The maximum Gasteiger partial charge on any atom is 0.242 e. The standard InChI is InChI=1S/C28H35N3O4S/c1-5-15-36-18-24(27(34)30-21-11-13-22(32)14-12-21)23(16-19(2)3)26(33)31-25(28(35)29-4)17-20-9-7-6-8-10-20/h1,6-14,19,23-25,32H,15-18H2,2-4H3,(H,29,35)(H,30,34)(H,31,33)/t23-,24+,25+/m1/s1. The molecule has 8 heteroatoms. The molecule has 2 aromatic rings. The molecule has 3 amide bonds. The molecule has 0 aliphatic heterocycles. The summed E-state index contributed by atoms with van der Waals surface area (Å²) in [5, 5.41) is 17.9. The fourth-order valence-corrected chi connectivity index (χ4v) is 4.75. The summed E-state index contributed by atoms with van der Waals surface area (Å²) in [6.45, 7) is 3.98. The molecule has 0 spiro atoms. The van der Waals surface area contributed by atoms with Crippen LogP contribution in [0.25, 0.3) is 0 Å². The van der Waals surface area contributed by atoms with E-state index < -0.39 is 17.9 Å². The maximum atomic E-state index is 13.6. The minimum absolute atomic E-state index is 0.0878. The number of phenols is 1. The van der Waals surface area contributed by atoms with Gasteiger partial charge in [0.15, 0.2) is 0 Å². The van der Waals surface area contributed by atoms with Crippen LogP contribution in [0.2, 0.25) is 0 Å². The number of hydrogen-bond acceptors (Lipinski definition) is 5. The lowest BCUT2D eigenvalue weighted by Crippen LogP contribution is -2.51. The highest BCUT2D eigenvalue weighted by atomic mass is 32.2. The molecule has 0 bridgehead atoms. The number of phenolic OH excluding ortho intramolecular Hbond substituents is 1. The molecule has 7 nitrogen and oxygen atoms in total. The van der Waals surface area contributed by atoms with Crippen molar-refractivity contribution >= 4 is 35.2 Å². The molecule has 192 valence electrons. The molecule has 0 saturated heterocycles. The first-order valence-electron chi connectivity index (χ1n) is 11.9. The molecule has 4 N–H and O–H groups in total. The lowest BCUT2D eigenvalue weighted by molar-refractivity contribution is -0.135. The minimum atomic E-state index is -0.779. The van der Waals surface area contributed by atoms with Gasteiger partial charge in [0, 0.05) is 24.9 Å². The number of carbonyl (C=O) groups excluding carboxylic acids is 3. The number of rotatable bonds is 13. The van der Waals surface area contributed by atoms with Gasteiger partial charge in [-0.3, -0.25) is 14.4 Å². The second kappa shape index (κ2) is 14.8. The van der Waals surface area contributed by atoms with Crippen LogP contribution in [-0.4, -0.2) is 47.4 Å². The number of carbonyl (C=O) groups is 3. The van der Waals surface area contributed by atoms with E-state index in [0.29, 0.717) is 30.0 Å². The van der Waals surface area contributed by atoms with E-state index in [-0.39, 0.29) is 29.4 Å². The van der Waals surface area contributed by atoms with E-state index >= 15 is 0 Å². The van der Waals surface area contributed by atoms with Crippen LogP contribution in [0.15, 0.2) is 54.6 Å². The quantitative estimate of drug-likeness (QED) is 0.188. The van der Waals surface area contributed by atoms with E-state index in [0.717, 1.165) is 5.56 Å². The highest BCUT2D eigenvalue weighted by Gasteiger charge is 2.36. The Balaban J connectivity index is 2.30. The van der Waals surface area contributed by atoms with Crippen LogP contribution >= 0.6 is 11.8 Å². The molecule has 36 heavy (non-hydrogen) atoms. The maximum absolute atomic E-state index is 13.6. The van der Waals surface area contributed by atoms with E-state index in [1.165, 1.54) is 30.9 Å². The SMILES string of the molecule is C#CCSC[C@H](C(=O)Nc1ccc(O)cc1)[C@@H](CC(C)C)C(=O)N[C@@H](Cc1ccccc1)C(=O)NC. The summed E-state index contributed by atoms with van der Waals surface area (Å²) in [7, 11) is 1.53. The molecule has 0 saturated carbocycles. The molecule has 0 aromatic heterocycles. The van der Waals surface area contributed by atoms with Gasteiger partial charge in [0.1, 0.15) is 11.8 Å². The first kappa shape index (κ1) is 28.8. The van der Waals surface area contributed by atoms with E-state index in [4.69, 9.17) is 6.42 Å². The highest BCUT2D eigenvalue weighted by Crippen LogP contribution is 2.27. The van der Waals surface area contributed by atoms with Crippen molar-refractivity contribution in [2.24, 2.45) is 17.8 Å². The Labute approximate surface area is 217 Å². The van der Waals surface area contributed by atoms with E-state index in [1.807, 2.05) is 44.2 Å². The van der Waals surface area contributed by atoms with Crippen molar-refractivity contribution in [3.05, 3.63) is 60.2 Å². The summed E-state index contributed by atoms with van der Waals surface area (Å²) in [5.74, 6) is 1.23. The average Bonchev–Trinajstić information content (AvgIpc) is 2.86. The minimum Gasteiger partial charge on any atom is -0.508 e. The first-order chi connectivity index (χ1) is 17.2. The zero-order valence-corrected chi connectivity index (χ0v) is 21.8. The van der Waals surface area contributed by atoms with Gasteiger partial charge in [0.2, 0.25) is 17.7 Å². The Kier molecular flexibility index (Phi) is 11.9. The summed E-state index contributed by atoms with van der Waals surface area (Å²) < 4.78 is 0.